The Morgan fingerprint density at radius 1 is 1.22 bits per heavy atom. The van der Waals surface area contributed by atoms with Crippen molar-refractivity contribution in [1.29, 1.82) is 0 Å². The molecule has 23 heavy (non-hydrogen) atoms. The van der Waals surface area contributed by atoms with Gasteiger partial charge in [-0.15, -0.1) is 0 Å². The van der Waals surface area contributed by atoms with Crippen LogP contribution in [0.5, 0.6) is 0 Å². The molecule has 1 aliphatic heterocycles. The smallest absolute Gasteiger partial charge is 0.306 e. The fraction of sp³-hybridized carbons (Fsp3) is 0.632. The summed E-state index contributed by atoms with van der Waals surface area (Å²) in [7, 11) is 2.12. The normalized spacial score (nSPS) is 17.8. The van der Waals surface area contributed by atoms with Crippen molar-refractivity contribution in [2.45, 2.75) is 51.2 Å². The molecule has 0 radical (unpaired) electrons. The average molecular weight is 319 g/mol. The molecule has 0 aliphatic carbocycles. The van der Waals surface area contributed by atoms with Crippen LogP contribution >= 0.6 is 0 Å². The Labute approximate surface area is 139 Å². The maximum absolute atomic E-state index is 11.8. The van der Waals surface area contributed by atoms with E-state index in [1.807, 2.05) is 25.1 Å². The molecular formula is C19H29NO3. The van der Waals surface area contributed by atoms with Gasteiger partial charge in [-0.05, 0) is 38.3 Å². The molecule has 1 aromatic carbocycles. The SMILES string of the molecule is CCC(=O)OC1(CCCOCc2ccccc2)CCN(C)CC1. The number of ether oxygens (including phenoxy) is 2. The van der Waals surface area contributed by atoms with Crippen molar-refractivity contribution < 1.29 is 14.3 Å². The van der Waals surface area contributed by atoms with Crippen LogP contribution in [0.2, 0.25) is 0 Å². The highest BCUT2D eigenvalue weighted by molar-refractivity contribution is 5.69. The second-order valence-electron chi connectivity index (χ2n) is 6.46. The first-order valence-corrected chi connectivity index (χ1v) is 8.65. The number of benzene rings is 1. The van der Waals surface area contributed by atoms with E-state index in [0.29, 0.717) is 19.6 Å². The molecule has 128 valence electrons. The van der Waals surface area contributed by atoms with Crippen molar-refractivity contribution in [1.82, 2.24) is 4.90 Å². The van der Waals surface area contributed by atoms with Crippen LogP contribution in [0.15, 0.2) is 30.3 Å². The summed E-state index contributed by atoms with van der Waals surface area (Å²) < 4.78 is 11.6. The summed E-state index contributed by atoms with van der Waals surface area (Å²) in [5, 5.41) is 0. The standard InChI is InChI=1S/C19H29NO3/c1-3-18(21)23-19(11-13-20(2)14-12-19)10-7-15-22-16-17-8-5-4-6-9-17/h4-6,8-9H,3,7,10-16H2,1-2H3. The largest absolute Gasteiger partial charge is 0.459 e. The van der Waals surface area contributed by atoms with Crippen molar-refractivity contribution in [3.63, 3.8) is 0 Å². The van der Waals surface area contributed by atoms with Gasteiger partial charge in [0, 0.05) is 26.1 Å². The molecule has 2 rings (SSSR count). The van der Waals surface area contributed by atoms with E-state index in [9.17, 15) is 4.79 Å². The van der Waals surface area contributed by atoms with Gasteiger partial charge >= 0.3 is 5.97 Å². The molecule has 1 heterocycles. The van der Waals surface area contributed by atoms with E-state index in [1.54, 1.807) is 0 Å². The van der Waals surface area contributed by atoms with Gasteiger partial charge in [-0.3, -0.25) is 4.79 Å². The lowest BCUT2D eigenvalue weighted by molar-refractivity contribution is -0.165. The Kier molecular flexibility index (Phi) is 7.06. The van der Waals surface area contributed by atoms with Gasteiger partial charge in [0.25, 0.3) is 0 Å². The van der Waals surface area contributed by atoms with Crippen LogP contribution in [0.25, 0.3) is 0 Å². The van der Waals surface area contributed by atoms with E-state index >= 15 is 0 Å². The van der Waals surface area contributed by atoms with Gasteiger partial charge in [0.1, 0.15) is 5.60 Å². The summed E-state index contributed by atoms with van der Waals surface area (Å²) in [6.45, 7) is 5.18. The minimum atomic E-state index is -0.282. The first-order chi connectivity index (χ1) is 11.1. The number of carbonyl (C=O) groups excluding carboxylic acids is 1. The molecule has 4 nitrogen and oxygen atoms in total. The van der Waals surface area contributed by atoms with Crippen LogP contribution in [0, 0.1) is 0 Å². The van der Waals surface area contributed by atoms with E-state index in [2.05, 4.69) is 24.1 Å². The maximum Gasteiger partial charge on any atom is 0.306 e. The third kappa shape index (κ3) is 5.96. The zero-order valence-corrected chi connectivity index (χ0v) is 14.4. The molecule has 4 heteroatoms. The lowest BCUT2D eigenvalue weighted by Crippen LogP contribution is -2.46. The van der Waals surface area contributed by atoms with Crippen molar-refractivity contribution in [2.75, 3.05) is 26.7 Å². The number of esters is 1. The molecule has 0 bridgehead atoms. The molecular weight excluding hydrogens is 290 g/mol. The summed E-state index contributed by atoms with van der Waals surface area (Å²) in [6.07, 6.45) is 4.11. The van der Waals surface area contributed by atoms with Crippen LogP contribution in [0.4, 0.5) is 0 Å². The maximum atomic E-state index is 11.8. The molecule has 1 aliphatic rings. The molecule has 0 unspecified atom stereocenters. The number of piperidine rings is 1. The minimum absolute atomic E-state index is 0.0836. The molecule has 1 aromatic rings. The number of likely N-dealkylation sites (tertiary alicyclic amines) is 1. The lowest BCUT2D eigenvalue weighted by atomic mass is 9.87. The van der Waals surface area contributed by atoms with Gasteiger partial charge < -0.3 is 14.4 Å². The fourth-order valence-corrected chi connectivity index (χ4v) is 3.00. The monoisotopic (exact) mass is 319 g/mol. The van der Waals surface area contributed by atoms with Crippen molar-refractivity contribution in [2.24, 2.45) is 0 Å². The van der Waals surface area contributed by atoms with Gasteiger partial charge in [0.05, 0.1) is 6.61 Å². The highest BCUT2D eigenvalue weighted by atomic mass is 16.6. The number of nitrogens with zero attached hydrogens (tertiary/aromatic N) is 1. The van der Waals surface area contributed by atoms with Crippen LogP contribution in [-0.2, 0) is 20.9 Å². The highest BCUT2D eigenvalue weighted by Crippen LogP contribution is 2.31. The molecule has 0 atom stereocenters. The summed E-state index contributed by atoms with van der Waals surface area (Å²) in [5.74, 6) is -0.0836. The fourth-order valence-electron chi connectivity index (χ4n) is 3.00. The van der Waals surface area contributed by atoms with E-state index in [-0.39, 0.29) is 11.6 Å². The van der Waals surface area contributed by atoms with Crippen LogP contribution in [0.1, 0.15) is 44.6 Å². The summed E-state index contributed by atoms with van der Waals surface area (Å²) in [5.41, 5.74) is 0.911. The molecule has 0 spiro atoms. The Bertz CT molecular complexity index is 467. The Morgan fingerprint density at radius 3 is 2.57 bits per heavy atom. The quantitative estimate of drug-likeness (QED) is 0.544. The number of carbonyl (C=O) groups is 1. The Morgan fingerprint density at radius 2 is 1.91 bits per heavy atom. The topological polar surface area (TPSA) is 38.8 Å². The Hall–Kier alpha value is -1.39. The van der Waals surface area contributed by atoms with Gasteiger partial charge in [-0.2, -0.15) is 0 Å². The molecule has 0 amide bonds. The van der Waals surface area contributed by atoms with E-state index in [4.69, 9.17) is 9.47 Å². The Balaban J connectivity index is 1.75. The summed E-state index contributed by atoms with van der Waals surface area (Å²) in [4.78, 5) is 14.1. The summed E-state index contributed by atoms with van der Waals surface area (Å²) >= 11 is 0. The zero-order valence-electron chi connectivity index (χ0n) is 14.4. The van der Waals surface area contributed by atoms with Gasteiger partial charge in [0.15, 0.2) is 0 Å². The molecule has 1 fully saturated rings. The summed E-state index contributed by atoms with van der Waals surface area (Å²) in [6, 6.07) is 10.2. The van der Waals surface area contributed by atoms with Crippen molar-refractivity contribution >= 4 is 5.97 Å². The van der Waals surface area contributed by atoms with Crippen LogP contribution in [0.3, 0.4) is 0 Å². The number of rotatable bonds is 8. The molecule has 0 saturated carbocycles. The molecule has 0 aromatic heterocycles. The zero-order chi connectivity index (χ0) is 16.5. The van der Waals surface area contributed by atoms with Gasteiger partial charge in [-0.1, -0.05) is 37.3 Å². The van der Waals surface area contributed by atoms with E-state index in [1.165, 1.54) is 5.56 Å². The van der Waals surface area contributed by atoms with E-state index < -0.39 is 0 Å². The minimum Gasteiger partial charge on any atom is -0.459 e. The van der Waals surface area contributed by atoms with Crippen molar-refractivity contribution in [3.05, 3.63) is 35.9 Å². The predicted octanol–water partition coefficient (Wildman–Crippen LogP) is 3.40. The van der Waals surface area contributed by atoms with Gasteiger partial charge in [0.2, 0.25) is 0 Å². The van der Waals surface area contributed by atoms with Crippen LogP contribution in [-0.4, -0.2) is 43.2 Å². The second kappa shape index (κ2) is 9.04. The highest BCUT2D eigenvalue weighted by Gasteiger charge is 2.36. The average Bonchev–Trinajstić information content (AvgIpc) is 2.58. The third-order valence-corrected chi connectivity index (χ3v) is 4.55. The first-order valence-electron chi connectivity index (χ1n) is 8.65. The molecule has 1 saturated heterocycles. The lowest BCUT2D eigenvalue weighted by Gasteiger charge is -2.40. The molecule has 0 N–H and O–H groups in total. The predicted molar refractivity (Wildman–Crippen MR) is 91.2 cm³/mol. The van der Waals surface area contributed by atoms with Crippen LogP contribution < -0.4 is 0 Å². The number of hydrogen-bond acceptors (Lipinski definition) is 4. The first kappa shape index (κ1) is 18.0. The third-order valence-electron chi connectivity index (χ3n) is 4.55. The van der Waals surface area contributed by atoms with Crippen molar-refractivity contribution in [3.8, 4) is 0 Å². The second-order valence-corrected chi connectivity index (χ2v) is 6.46. The van der Waals surface area contributed by atoms with E-state index in [0.717, 1.165) is 38.8 Å². The number of hydrogen-bond donors (Lipinski definition) is 0. The van der Waals surface area contributed by atoms with Gasteiger partial charge in [-0.25, -0.2) is 0 Å².